The average molecular weight is 168 g/mol. The lowest BCUT2D eigenvalue weighted by Crippen LogP contribution is -2.12. The van der Waals surface area contributed by atoms with Crippen LogP contribution in [0.4, 0.5) is 0 Å². The first-order valence-corrected chi connectivity index (χ1v) is 4.56. The Kier molecular flexibility index (Phi) is 4.59. The molecule has 62 valence electrons. The lowest BCUT2D eigenvalue weighted by Gasteiger charge is -2.01. The second kappa shape index (κ2) is 4.65. The summed E-state index contributed by atoms with van der Waals surface area (Å²) in [7, 11) is -2.10. The van der Waals surface area contributed by atoms with Crippen LogP contribution in [-0.4, -0.2) is 28.1 Å². The van der Waals surface area contributed by atoms with Crippen molar-refractivity contribution in [2.45, 2.75) is 13.3 Å². The number of rotatable bonds is 5. The molecule has 4 nitrogen and oxygen atoms in total. The quantitative estimate of drug-likeness (QED) is 0.556. The fourth-order valence-electron chi connectivity index (χ4n) is 0.389. The van der Waals surface area contributed by atoms with Crippen LogP contribution in [0.1, 0.15) is 13.3 Å². The van der Waals surface area contributed by atoms with Crippen LogP contribution >= 0.6 is 0 Å². The van der Waals surface area contributed by atoms with Crippen molar-refractivity contribution in [2.75, 3.05) is 19.7 Å². The van der Waals surface area contributed by atoms with Gasteiger partial charge in [0.1, 0.15) is 0 Å². The summed E-state index contributed by atoms with van der Waals surface area (Å²) in [5, 5.41) is 0. The number of hydrogen-bond donors (Lipinski definition) is 0. The van der Waals surface area contributed by atoms with Gasteiger partial charge in [-0.15, -0.1) is 0 Å². The van der Waals surface area contributed by atoms with Gasteiger partial charge in [0.05, 0.1) is 6.61 Å². The molecule has 0 aromatic rings. The third kappa shape index (κ3) is 4.72. The first kappa shape index (κ1) is 9.87. The first-order chi connectivity index (χ1) is 4.62. The number of ether oxygens (including phenoxy) is 1. The minimum Gasteiger partial charge on any atom is -0.366 e. The number of methoxy groups -OCH3 is 1. The van der Waals surface area contributed by atoms with Crippen molar-refractivity contribution >= 4 is 10.1 Å². The Morgan fingerprint density at radius 3 is 2.40 bits per heavy atom. The monoisotopic (exact) mass is 168 g/mol. The molecule has 0 radical (unpaired) electrons. The van der Waals surface area contributed by atoms with E-state index in [9.17, 15) is 8.42 Å². The van der Waals surface area contributed by atoms with E-state index in [-0.39, 0.29) is 12.5 Å². The van der Waals surface area contributed by atoms with Gasteiger partial charge >= 0.3 is 0 Å². The second-order valence-corrected chi connectivity index (χ2v) is 3.37. The molecule has 0 saturated heterocycles. The third-order valence-corrected chi connectivity index (χ3v) is 1.78. The van der Waals surface area contributed by atoms with E-state index in [4.69, 9.17) is 0 Å². The molecule has 5 heteroatoms. The van der Waals surface area contributed by atoms with E-state index in [1.54, 1.807) is 0 Å². The van der Waals surface area contributed by atoms with Crippen molar-refractivity contribution in [3.63, 3.8) is 0 Å². The van der Waals surface area contributed by atoms with Crippen molar-refractivity contribution in [1.82, 2.24) is 0 Å². The smallest absolute Gasteiger partial charge is 0.291 e. The van der Waals surface area contributed by atoms with E-state index in [1.807, 2.05) is 6.92 Å². The SMILES string of the molecule is CCCOS(=O)(=O)COC. The highest BCUT2D eigenvalue weighted by Crippen LogP contribution is 1.93. The van der Waals surface area contributed by atoms with E-state index in [0.29, 0.717) is 6.42 Å². The van der Waals surface area contributed by atoms with Crippen LogP contribution in [0.25, 0.3) is 0 Å². The van der Waals surface area contributed by atoms with Crippen LogP contribution in [0, 0.1) is 0 Å². The highest BCUT2D eigenvalue weighted by atomic mass is 32.2. The molecule has 0 N–H and O–H groups in total. The normalized spacial score (nSPS) is 11.8. The van der Waals surface area contributed by atoms with Gasteiger partial charge < -0.3 is 4.74 Å². The highest BCUT2D eigenvalue weighted by molar-refractivity contribution is 7.86. The molecule has 0 amide bonds. The standard InChI is InChI=1S/C5H12O4S/c1-3-4-9-10(6,7)5-8-2/h3-5H2,1-2H3. The van der Waals surface area contributed by atoms with E-state index in [0.717, 1.165) is 0 Å². The van der Waals surface area contributed by atoms with Crippen LogP contribution in [0.3, 0.4) is 0 Å². The third-order valence-electron chi connectivity index (χ3n) is 0.729. The maximum Gasteiger partial charge on any atom is 0.291 e. The molecule has 0 saturated carbocycles. The van der Waals surface area contributed by atoms with Crippen LogP contribution in [0.15, 0.2) is 0 Å². The van der Waals surface area contributed by atoms with E-state index in [2.05, 4.69) is 8.92 Å². The molecule has 10 heavy (non-hydrogen) atoms. The molecule has 0 fully saturated rings. The second-order valence-electron chi connectivity index (χ2n) is 1.79. The zero-order chi connectivity index (χ0) is 8.04. The molecular weight excluding hydrogens is 156 g/mol. The van der Waals surface area contributed by atoms with Crippen LogP contribution in [0.2, 0.25) is 0 Å². The molecule has 0 heterocycles. The van der Waals surface area contributed by atoms with Gasteiger partial charge in [-0.2, -0.15) is 8.42 Å². The van der Waals surface area contributed by atoms with Gasteiger partial charge in [0.15, 0.2) is 5.94 Å². The molecule has 0 aromatic heterocycles. The number of hydrogen-bond acceptors (Lipinski definition) is 4. The summed E-state index contributed by atoms with van der Waals surface area (Å²) in [4.78, 5) is 0. The Labute approximate surface area is 61.3 Å². The molecule has 0 atom stereocenters. The molecule has 0 spiro atoms. The summed E-state index contributed by atoms with van der Waals surface area (Å²) < 4.78 is 30.1. The summed E-state index contributed by atoms with van der Waals surface area (Å²) in [5.74, 6) is -0.368. The van der Waals surface area contributed by atoms with Crippen LogP contribution in [0.5, 0.6) is 0 Å². The Bertz CT molecular complexity index is 160. The summed E-state index contributed by atoms with van der Waals surface area (Å²) >= 11 is 0. The largest absolute Gasteiger partial charge is 0.366 e. The van der Waals surface area contributed by atoms with Crippen molar-refractivity contribution < 1.29 is 17.3 Å². The molecule has 0 rings (SSSR count). The van der Waals surface area contributed by atoms with Gasteiger partial charge in [0.25, 0.3) is 10.1 Å². The summed E-state index contributed by atoms with van der Waals surface area (Å²) in [5.41, 5.74) is 0. The summed E-state index contributed by atoms with van der Waals surface area (Å²) in [6, 6.07) is 0. The lowest BCUT2D eigenvalue weighted by atomic mass is 10.5. The van der Waals surface area contributed by atoms with Gasteiger partial charge in [0, 0.05) is 7.11 Å². The Balaban J connectivity index is 3.65. The van der Waals surface area contributed by atoms with Gasteiger partial charge in [-0.25, -0.2) is 0 Å². The Morgan fingerprint density at radius 2 is 2.00 bits per heavy atom. The first-order valence-electron chi connectivity index (χ1n) is 2.98. The minimum absolute atomic E-state index is 0.228. The molecule has 0 unspecified atom stereocenters. The maximum absolute atomic E-state index is 10.6. The van der Waals surface area contributed by atoms with Gasteiger partial charge in [-0.05, 0) is 6.42 Å². The summed E-state index contributed by atoms with van der Waals surface area (Å²) in [6.45, 7) is 2.06. The van der Waals surface area contributed by atoms with Crippen molar-refractivity contribution in [3.8, 4) is 0 Å². The van der Waals surface area contributed by atoms with Gasteiger partial charge in [-0.3, -0.25) is 4.18 Å². The Morgan fingerprint density at radius 1 is 1.40 bits per heavy atom. The van der Waals surface area contributed by atoms with E-state index >= 15 is 0 Å². The van der Waals surface area contributed by atoms with Crippen molar-refractivity contribution in [3.05, 3.63) is 0 Å². The fourth-order valence-corrected chi connectivity index (χ4v) is 1.17. The molecule has 0 aliphatic heterocycles. The molecule has 0 aliphatic rings. The van der Waals surface area contributed by atoms with Crippen LogP contribution in [-0.2, 0) is 19.0 Å². The minimum atomic E-state index is -3.42. The highest BCUT2D eigenvalue weighted by Gasteiger charge is 2.08. The molecule has 0 bridgehead atoms. The van der Waals surface area contributed by atoms with Gasteiger partial charge in [-0.1, -0.05) is 6.92 Å². The molecular formula is C5H12O4S. The average Bonchev–Trinajstić information content (AvgIpc) is 1.84. The van der Waals surface area contributed by atoms with Gasteiger partial charge in [0.2, 0.25) is 0 Å². The predicted molar refractivity (Wildman–Crippen MR) is 37.0 cm³/mol. The summed E-state index contributed by atoms with van der Waals surface area (Å²) in [6.07, 6.45) is 0.683. The fraction of sp³-hybridized carbons (Fsp3) is 1.00. The predicted octanol–water partition coefficient (Wildman–Crippen LogP) is 0.347. The maximum atomic E-state index is 10.6. The molecule has 0 aromatic carbocycles. The van der Waals surface area contributed by atoms with E-state index < -0.39 is 10.1 Å². The Hall–Kier alpha value is -0.130. The molecule has 0 aliphatic carbocycles. The van der Waals surface area contributed by atoms with Crippen molar-refractivity contribution in [2.24, 2.45) is 0 Å². The van der Waals surface area contributed by atoms with E-state index in [1.165, 1.54) is 7.11 Å². The topological polar surface area (TPSA) is 52.6 Å². The van der Waals surface area contributed by atoms with Crippen LogP contribution < -0.4 is 0 Å². The zero-order valence-corrected chi connectivity index (χ0v) is 6.98. The zero-order valence-electron chi connectivity index (χ0n) is 6.16. The lowest BCUT2D eigenvalue weighted by molar-refractivity contribution is 0.223. The van der Waals surface area contributed by atoms with Crippen molar-refractivity contribution in [1.29, 1.82) is 0 Å².